The van der Waals surface area contributed by atoms with E-state index in [2.05, 4.69) is 26.0 Å². The van der Waals surface area contributed by atoms with Crippen molar-refractivity contribution in [2.45, 2.75) is 6.54 Å². The van der Waals surface area contributed by atoms with Crippen LogP contribution in [0.5, 0.6) is 0 Å². The van der Waals surface area contributed by atoms with Crippen molar-refractivity contribution in [3.05, 3.63) is 35.4 Å². The van der Waals surface area contributed by atoms with E-state index < -0.39 is 12.0 Å². The quantitative estimate of drug-likeness (QED) is 0.734. The molecule has 0 bridgehead atoms. The minimum atomic E-state index is -0.990. The molecule has 0 aliphatic rings. The molecule has 104 valence electrons. The third-order valence-electron chi connectivity index (χ3n) is 2.39. The lowest BCUT2D eigenvalue weighted by atomic mass is 10.1. The van der Waals surface area contributed by atoms with Gasteiger partial charge in [0.25, 0.3) is 5.95 Å². The van der Waals surface area contributed by atoms with Gasteiger partial charge in [0.05, 0.1) is 12.6 Å². The number of urea groups is 1. The molecule has 0 spiro atoms. The van der Waals surface area contributed by atoms with Crippen molar-refractivity contribution in [3.8, 4) is 0 Å². The fourth-order valence-electron chi connectivity index (χ4n) is 1.43. The molecule has 9 heteroatoms. The van der Waals surface area contributed by atoms with E-state index in [1.165, 1.54) is 16.9 Å². The van der Waals surface area contributed by atoms with Crippen LogP contribution < -0.4 is 10.6 Å². The van der Waals surface area contributed by atoms with Gasteiger partial charge in [-0.25, -0.2) is 9.59 Å². The predicted octanol–water partition coefficient (Wildman–Crippen LogP) is 0.230. The highest BCUT2D eigenvalue weighted by molar-refractivity contribution is 5.88. The van der Waals surface area contributed by atoms with Crippen LogP contribution in [0.4, 0.5) is 10.7 Å². The molecule has 0 aliphatic carbocycles. The van der Waals surface area contributed by atoms with Crippen molar-refractivity contribution in [2.24, 2.45) is 7.05 Å². The standard InChI is InChI=1S/C11H12N6O3/c1-17-15-10(14-16-17)13-11(20)12-6-7-2-4-8(5-3-7)9(18)19/h2-5H,6H2,1H3,(H,18,19)(H2,12,13,15,20). The van der Waals surface area contributed by atoms with Gasteiger partial charge >= 0.3 is 12.0 Å². The number of amides is 2. The van der Waals surface area contributed by atoms with Crippen LogP contribution in [0.15, 0.2) is 24.3 Å². The summed E-state index contributed by atoms with van der Waals surface area (Å²) in [6.07, 6.45) is 0. The van der Waals surface area contributed by atoms with Gasteiger partial charge in [-0.05, 0) is 22.9 Å². The number of carbonyl (C=O) groups is 2. The molecule has 0 unspecified atom stereocenters. The molecule has 0 aliphatic heterocycles. The average molecular weight is 276 g/mol. The number of carboxylic acids is 1. The molecule has 0 radical (unpaired) electrons. The Morgan fingerprint density at radius 3 is 2.55 bits per heavy atom. The summed E-state index contributed by atoms with van der Waals surface area (Å²) in [6.45, 7) is 0.256. The van der Waals surface area contributed by atoms with Crippen molar-refractivity contribution >= 4 is 17.9 Å². The summed E-state index contributed by atoms with van der Waals surface area (Å²) in [5, 5.41) is 24.7. The summed E-state index contributed by atoms with van der Waals surface area (Å²) in [5.74, 6) is -0.887. The highest BCUT2D eigenvalue weighted by Gasteiger charge is 2.06. The third-order valence-corrected chi connectivity index (χ3v) is 2.39. The maximum atomic E-state index is 11.5. The molecule has 1 aromatic heterocycles. The number of tetrazole rings is 1. The Hall–Kier alpha value is -2.97. The fourth-order valence-corrected chi connectivity index (χ4v) is 1.43. The zero-order chi connectivity index (χ0) is 14.5. The van der Waals surface area contributed by atoms with Crippen molar-refractivity contribution < 1.29 is 14.7 Å². The van der Waals surface area contributed by atoms with Crippen LogP contribution in [-0.2, 0) is 13.6 Å². The summed E-state index contributed by atoms with van der Waals surface area (Å²) in [6, 6.07) is 5.73. The Balaban J connectivity index is 1.85. The van der Waals surface area contributed by atoms with Crippen LogP contribution >= 0.6 is 0 Å². The molecule has 9 nitrogen and oxygen atoms in total. The third kappa shape index (κ3) is 3.51. The first-order valence-electron chi connectivity index (χ1n) is 5.65. The molecular formula is C11H12N6O3. The number of carboxylic acid groups (broad SMARTS) is 1. The van der Waals surface area contributed by atoms with Crippen LogP contribution in [0.1, 0.15) is 15.9 Å². The highest BCUT2D eigenvalue weighted by atomic mass is 16.4. The zero-order valence-corrected chi connectivity index (χ0v) is 10.6. The second-order valence-corrected chi connectivity index (χ2v) is 3.91. The number of carbonyl (C=O) groups excluding carboxylic acids is 1. The SMILES string of the molecule is Cn1nnc(NC(=O)NCc2ccc(C(=O)O)cc2)n1. The minimum absolute atomic E-state index is 0.103. The van der Waals surface area contributed by atoms with Gasteiger partial charge in [0, 0.05) is 6.54 Å². The van der Waals surface area contributed by atoms with E-state index >= 15 is 0 Å². The number of benzene rings is 1. The van der Waals surface area contributed by atoms with Crippen LogP contribution in [-0.4, -0.2) is 37.3 Å². The van der Waals surface area contributed by atoms with Crippen molar-refractivity contribution in [1.29, 1.82) is 0 Å². The topological polar surface area (TPSA) is 122 Å². The van der Waals surface area contributed by atoms with E-state index in [4.69, 9.17) is 5.11 Å². The molecule has 1 aromatic carbocycles. The van der Waals surface area contributed by atoms with Gasteiger partial charge in [-0.15, -0.1) is 5.10 Å². The molecule has 20 heavy (non-hydrogen) atoms. The number of nitrogens with one attached hydrogen (secondary N) is 2. The van der Waals surface area contributed by atoms with Crippen LogP contribution in [0.25, 0.3) is 0 Å². The number of hydrogen-bond donors (Lipinski definition) is 3. The summed E-state index contributed by atoms with van der Waals surface area (Å²) < 4.78 is 0. The monoisotopic (exact) mass is 276 g/mol. The molecular weight excluding hydrogens is 264 g/mol. The second kappa shape index (κ2) is 5.78. The lowest BCUT2D eigenvalue weighted by Crippen LogP contribution is -2.28. The highest BCUT2D eigenvalue weighted by Crippen LogP contribution is 2.04. The van der Waals surface area contributed by atoms with Gasteiger partial charge in [0.15, 0.2) is 0 Å². The van der Waals surface area contributed by atoms with Crippen molar-refractivity contribution in [3.63, 3.8) is 0 Å². The van der Waals surface area contributed by atoms with E-state index in [0.29, 0.717) is 0 Å². The van der Waals surface area contributed by atoms with E-state index in [1.54, 1.807) is 19.2 Å². The van der Waals surface area contributed by atoms with Gasteiger partial charge < -0.3 is 10.4 Å². The Morgan fingerprint density at radius 1 is 1.30 bits per heavy atom. The lowest BCUT2D eigenvalue weighted by Gasteiger charge is -2.05. The average Bonchev–Trinajstić information content (AvgIpc) is 2.82. The van der Waals surface area contributed by atoms with E-state index in [9.17, 15) is 9.59 Å². The van der Waals surface area contributed by atoms with Gasteiger partial charge in [0.1, 0.15) is 0 Å². The number of rotatable bonds is 4. The first-order chi connectivity index (χ1) is 9.54. The summed E-state index contributed by atoms with van der Waals surface area (Å²) >= 11 is 0. The van der Waals surface area contributed by atoms with E-state index in [0.717, 1.165) is 5.56 Å². The Kier molecular flexibility index (Phi) is 3.89. The lowest BCUT2D eigenvalue weighted by molar-refractivity contribution is 0.0697. The van der Waals surface area contributed by atoms with E-state index in [-0.39, 0.29) is 18.1 Å². The number of nitrogens with zero attached hydrogens (tertiary/aromatic N) is 4. The molecule has 2 rings (SSSR count). The number of hydrogen-bond acceptors (Lipinski definition) is 5. The molecule has 0 saturated heterocycles. The maximum absolute atomic E-state index is 11.5. The maximum Gasteiger partial charge on any atom is 0.335 e. The number of aromatic carboxylic acids is 1. The number of anilines is 1. The molecule has 3 N–H and O–H groups in total. The largest absolute Gasteiger partial charge is 0.478 e. The zero-order valence-electron chi connectivity index (χ0n) is 10.6. The van der Waals surface area contributed by atoms with Crippen molar-refractivity contribution in [2.75, 3.05) is 5.32 Å². The first-order valence-corrected chi connectivity index (χ1v) is 5.65. The molecule has 0 saturated carbocycles. The van der Waals surface area contributed by atoms with Crippen LogP contribution in [0, 0.1) is 0 Å². The normalized spacial score (nSPS) is 10.1. The molecule has 0 atom stereocenters. The van der Waals surface area contributed by atoms with E-state index in [1.807, 2.05) is 0 Å². The second-order valence-electron chi connectivity index (χ2n) is 3.91. The number of aromatic nitrogens is 4. The molecule has 1 heterocycles. The molecule has 0 fully saturated rings. The molecule has 2 aromatic rings. The summed E-state index contributed by atoms with van der Waals surface area (Å²) in [5.41, 5.74) is 0.971. The van der Waals surface area contributed by atoms with Crippen LogP contribution in [0.3, 0.4) is 0 Å². The Bertz CT molecular complexity index is 621. The summed E-state index contributed by atoms with van der Waals surface area (Å²) in [4.78, 5) is 23.4. The van der Waals surface area contributed by atoms with Gasteiger partial charge in [0.2, 0.25) is 0 Å². The Labute approximate surface area is 113 Å². The van der Waals surface area contributed by atoms with Gasteiger partial charge in [-0.3, -0.25) is 5.32 Å². The minimum Gasteiger partial charge on any atom is -0.478 e. The fraction of sp³-hybridized carbons (Fsp3) is 0.182. The number of aryl methyl sites for hydroxylation is 1. The molecule has 2 amide bonds. The van der Waals surface area contributed by atoms with Gasteiger partial charge in [-0.2, -0.15) is 4.80 Å². The Morgan fingerprint density at radius 2 is 2.00 bits per heavy atom. The first kappa shape index (κ1) is 13.5. The van der Waals surface area contributed by atoms with Crippen LogP contribution in [0.2, 0.25) is 0 Å². The summed E-state index contributed by atoms with van der Waals surface area (Å²) in [7, 11) is 1.58. The van der Waals surface area contributed by atoms with Crippen molar-refractivity contribution in [1.82, 2.24) is 25.5 Å². The van der Waals surface area contributed by atoms with Gasteiger partial charge in [-0.1, -0.05) is 17.2 Å². The smallest absolute Gasteiger partial charge is 0.335 e. The predicted molar refractivity (Wildman–Crippen MR) is 68.1 cm³/mol.